The molecule has 0 bridgehead atoms. The molecule has 0 unspecified atom stereocenters. The van der Waals surface area contributed by atoms with E-state index in [1.54, 1.807) is 6.07 Å². The van der Waals surface area contributed by atoms with Gasteiger partial charge in [0.15, 0.2) is 0 Å². The largest absolute Gasteiger partial charge is 0.457 e. The Kier molecular flexibility index (Phi) is 4.42. The van der Waals surface area contributed by atoms with E-state index in [9.17, 15) is 4.79 Å². The molecule has 134 valence electrons. The van der Waals surface area contributed by atoms with Crippen molar-refractivity contribution in [3.8, 4) is 11.5 Å². The van der Waals surface area contributed by atoms with E-state index in [0.29, 0.717) is 27.7 Å². The zero-order valence-electron chi connectivity index (χ0n) is 14.9. The van der Waals surface area contributed by atoms with Crippen LogP contribution in [0, 0.1) is 13.8 Å². The summed E-state index contributed by atoms with van der Waals surface area (Å²) in [4.78, 5) is 16.9. The number of benzene rings is 3. The number of hydrogen-bond acceptors (Lipinski definition) is 3. The molecule has 1 N–H and O–H groups in total. The monoisotopic (exact) mass is 376 g/mol. The number of anilines is 1. The van der Waals surface area contributed by atoms with Crippen LogP contribution in [0.4, 0.5) is 11.4 Å². The Morgan fingerprint density at radius 1 is 0.889 bits per heavy atom. The number of nitrogens with zero attached hydrogens (tertiary/aromatic N) is 1. The third-order valence-electron chi connectivity index (χ3n) is 4.39. The Labute approximate surface area is 162 Å². The van der Waals surface area contributed by atoms with Gasteiger partial charge < -0.3 is 10.1 Å². The van der Waals surface area contributed by atoms with Gasteiger partial charge in [-0.3, -0.25) is 4.79 Å². The molecule has 0 atom stereocenters. The van der Waals surface area contributed by atoms with Crippen molar-refractivity contribution < 1.29 is 9.53 Å². The molecule has 1 heterocycles. The Morgan fingerprint density at radius 3 is 2.19 bits per heavy atom. The number of ether oxygens (including phenoxy) is 1. The van der Waals surface area contributed by atoms with Gasteiger partial charge in [-0.2, -0.15) is 0 Å². The first-order chi connectivity index (χ1) is 13.0. The fourth-order valence-electron chi connectivity index (χ4n) is 2.93. The first-order valence-corrected chi connectivity index (χ1v) is 8.93. The third-order valence-corrected chi connectivity index (χ3v) is 4.70. The second kappa shape index (κ2) is 6.89. The van der Waals surface area contributed by atoms with Gasteiger partial charge in [0.05, 0.1) is 16.4 Å². The van der Waals surface area contributed by atoms with Crippen LogP contribution in [0.25, 0.3) is 0 Å². The van der Waals surface area contributed by atoms with Crippen molar-refractivity contribution >= 4 is 34.6 Å². The van der Waals surface area contributed by atoms with E-state index in [0.717, 1.165) is 17.0 Å². The van der Waals surface area contributed by atoms with Crippen molar-refractivity contribution in [2.75, 3.05) is 5.32 Å². The number of aryl methyl sites for hydroxylation is 2. The van der Waals surface area contributed by atoms with Gasteiger partial charge in [-0.1, -0.05) is 35.4 Å². The summed E-state index contributed by atoms with van der Waals surface area (Å²) in [6.07, 6.45) is 0. The van der Waals surface area contributed by atoms with Gasteiger partial charge in [0.25, 0.3) is 5.91 Å². The van der Waals surface area contributed by atoms with Crippen molar-refractivity contribution in [1.82, 2.24) is 0 Å². The van der Waals surface area contributed by atoms with Crippen LogP contribution in [-0.4, -0.2) is 11.6 Å². The maximum absolute atomic E-state index is 12.4. The molecule has 1 amide bonds. The summed E-state index contributed by atoms with van der Waals surface area (Å²) in [7, 11) is 0. The SMILES string of the molecule is Cc1ccc(Oc2ccc(N=C3C(=O)Nc4c(C)ccc(Cl)c43)cc2)cc1. The molecule has 1 aliphatic rings. The van der Waals surface area contributed by atoms with E-state index in [4.69, 9.17) is 16.3 Å². The fraction of sp³-hybridized carbons (Fsp3) is 0.0909. The van der Waals surface area contributed by atoms with Gasteiger partial charge in [0.2, 0.25) is 0 Å². The number of halogens is 1. The van der Waals surface area contributed by atoms with Crippen LogP contribution >= 0.6 is 11.6 Å². The highest BCUT2D eigenvalue weighted by atomic mass is 35.5. The summed E-state index contributed by atoms with van der Waals surface area (Å²) in [5.41, 5.74) is 4.49. The molecule has 4 nitrogen and oxygen atoms in total. The Bertz CT molecular complexity index is 1050. The van der Waals surface area contributed by atoms with E-state index in [1.807, 2.05) is 68.4 Å². The van der Waals surface area contributed by atoms with Crippen LogP contribution < -0.4 is 10.1 Å². The lowest BCUT2D eigenvalue weighted by molar-refractivity contribution is -0.110. The zero-order valence-corrected chi connectivity index (χ0v) is 15.7. The maximum Gasteiger partial charge on any atom is 0.275 e. The van der Waals surface area contributed by atoms with Crippen LogP contribution in [0.15, 0.2) is 65.7 Å². The van der Waals surface area contributed by atoms with Crippen molar-refractivity contribution in [2.45, 2.75) is 13.8 Å². The van der Waals surface area contributed by atoms with Gasteiger partial charge in [0.1, 0.15) is 17.2 Å². The summed E-state index contributed by atoms with van der Waals surface area (Å²) < 4.78 is 5.82. The van der Waals surface area contributed by atoms with E-state index >= 15 is 0 Å². The van der Waals surface area contributed by atoms with E-state index in [1.165, 1.54) is 5.56 Å². The van der Waals surface area contributed by atoms with E-state index < -0.39 is 0 Å². The number of nitrogens with one attached hydrogen (secondary N) is 1. The minimum atomic E-state index is -0.249. The lowest BCUT2D eigenvalue weighted by atomic mass is 10.1. The maximum atomic E-state index is 12.4. The van der Waals surface area contributed by atoms with Crippen molar-refractivity contribution in [1.29, 1.82) is 0 Å². The smallest absolute Gasteiger partial charge is 0.275 e. The van der Waals surface area contributed by atoms with Gasteiger partial charge in [-0.25, -0.2) is 4.99 Å². The summed E-state index contributed by atoms with van der Waals surface area (Å²) in [5, 5.41) is 3.35. The summed E-state index contributed by atoms with van der Waals surface area (Å²) in [6, 6.07) is 18.8. The standard InChI is InChI=1S/C22H17ClN2O2/c1-13-3-8-16(9-4-13)27-17-10-6-15(7-11-17)24-21-19-18(23)12-5-14(2)20(19)25-22(21)26/h3-12H,1-2H3,(H,24,25,26). The molecular weight excluding hydrogens is 360 g/mol. The van der Waals surface area contributed by atoms with Gasteiger partial charge >= 0.3 is 0 Å². The van der Waals surface area contributed by atoms with Crippen LogP contribution in [0.5, 0.6) is 11.5 Å². The zero-order chi connectivity index (χ0) is 19.0. The predicted octanol–water partition coefficient (Wildman–Crippen LogP) is 5.82. The molecule has 5 heteroatoms. The minimum absolute atomic E-state index is 0.249. The Balaban J connectivity index is 1.61. The summed E-state index contributed by atoms with van der Waals surface area (Å²) in [5.74, 6) is 1.22. The highest BCUT2D eigenvalue weighted by Crippen LogP contribution is 2.34. The number of rotatable bonds is 3. The molecule has 0 saturated carbocycles. The molecule has 1 aliphatic heterocycles. The quantitative estimate of drug-likeness (QED) is 0.625. The van der Waals surface area contributed by atoms with Crippen molar-refractivity contribution in [3.63, 3.8) is 0 Å². The number of carbonyl (C=O) groups excluding carboxylic acids is 1. The summed E-state index contributed by atoms with van der Waals surface area (Å²) in [6.45, 7) is 3.96. The van der Waals surface area contributed by atoms with E-state index in [2.05, 4.69) is 10.3 Å². The predicted molar refractivity (Wildman–Crippen MR) is 109 cm³/mol. The molecule has 3 aromatic carbocycles. The number of amides is 1. The molecule has 0 radical (unpaired) electrons. The lowest BCUT2D eigenvalue weighted by Crippen LogP contribution is -2.14. The van der Waals surface area contributed by atoms with Crippen LogP contribution in [-0.2, 0) is 4.79 Å². The fourth-order valence-corrected chi connectivity index (χ4v) is 3.17. The third kappa shape index (κ3) is 3.44. The Morgan fingerprint density at radius 2 is 1.52 bits per heavy atom. The van der Waals surface area contributed by atoms with Gasteiger partial charge in [-0.05, 0) is 61.9 Å². The van der Waals surface area contributed by atoms with Crippen LogP contribution in [0.3, 0.4) is 0 Å². The van der Waals surface area contributed by atoms with Crippen LogP contribution in [0.2, 0.25) is 5.02 Å². The van der Waals surface area contributed by atoms with Crippen molar-refractivity contribution in [2.24, 2.45) is 4.99 Å². The topological polar surface area (TPSA) is 50.7 Å². The number of carbonyl (C=O) groups is 1. The van der Waals surface area contributed by atoms with Crippen molar-refractivity contribution in [3.05, 3.63) is 82.4 Å². The normalized spacial score (nSPS) is 14.2. The van der Waals surface area contributed by atoms with Gasteiger partial charge in [0, 0.05) is 5.56 Å². The second-order valence-corrected chi connectivity index (χ2v) is 6.85. The highest BCUT2D eigenvalue weighted by molar-refractivity contribution is 6.57. The molecule has 0 saturated heterocycles. The molecule has 0 fully saturated rings. The first kappa shape index (κ1) is 17.3. The number of hydrogen-bond donors (Lipinski definition) is 1. The molecule has 0 aromatic heterocycles. The molecule has 27 heavy (non-hydrogen) atoms. The minimum Gasteiger partial charge on any atom is -0.457 e. The second-order valence-electron chi connectivity index (χ2n) is 6.44. The molecule has 0 spiro atoms. The highest BCUT2D eigenvalue weighted by Gasteiger charge is 2.29. The Hall–Kier alpha value is -3.11. The average Bonchev–Trinajstić information content (AvgIpc) is 2.99. The van der Waals surface area contributed by atoms with E-state index in [-0.39, 0.29) is 5.91 Å². The average molecular weight is 377 g/mol. The lowest BCUT2D eigenvalue weighted by Gasteiger charge is -2.06. The molecular formula is C22H17ClN2O2. The van der Waals surface area contributed by atoms with Gasteiger partial charge in [-0.15, -0.1) is 0 Å². The number of fused-ring (bicyclic) bond motifs is 1. The first-order valence-electron chi connectivity index (χ1n) is 8.55. The van der Waals surface area contributed by atoms with Crippen LogP contribution in [0.1, 0.15) is 16.7 Å². The molecule has 0 aliphatic carbocycles. The molecule has 3 aromatic rings. The molecule has 4 rings (SSSR count). The number of aliphatic imine (C=N–C) groups is 1. The summed E-state index contributed by atoms with van der Waals surface area (Å²) >= 11 is 6.30.